The molecule has 1 saturated carbocycles. The van der Waals surface area contributed by atoms with Gasteiger partial charge in [0.25, 0.3) is 0 Å². The third kappa shape index (κ3) is 8.75. The Bertz CT molecular complexity index is 727. The summed E-state index contributed by atoms with van der Waals surface area (Å²) < 4.78 is 10.5. The van der Waals surface area contributed by atoms with Gasteiger partial charge in [-0.05, 0) is 60.7 Å². The molecule has 2 aromatic rings. The minimum atomic E-state index is 0.564. The summed E-state index contributed by atoms with van der Waals surface area (Å²) in [5.41, 5.74) is 3.51. The number of rotatable bonds is 8. The van der Waals surface area contributed by atoms with Crippen molar-refractivity contribution >= 4 is 0 Å². The van der Waals surface area contributed by atoms with E-state index in [-0.39, 0.29) is 0 Å². The van der Waals surface area contributed by atoms with E-state index in [2.05, 4.69) is 50.0 Å². The Labute approximate surface area is 177 Å². The maximum absolute atomic E-state index is 5.54. The van der Waals surface area contributed by atoms with Crippen LogP contribution in [0.5, 0.6) is 5.75 Å². The van der Waals surface area contributed by atoms with Crippen LogP contribution < -0.4 is 4.74 Å². The lowest BCUT2D eigenvalue weighted by molar-refractivity contribution is 0.146. The van der Waals surface area contributed by atoms with E-state index in [1.807, 2.05) is 24.3 Å². The van der Waals surface area contributed by atoms with Crippen molar-refractivity contribution in [1.82, 2.24) is 0 Å². The van der Waals surface area contributed by atoms with Gasteiger partial charge in [-0.3, -0.25) is 0 Å². The molecule has 0 saturated heterocycles. The summed E-state index contributed by atoms with van der Waals surface area (Å²) in [6, 6.07) is 16.6. The Morgan fingerprint density at radius 1 is 0.793 bits per heavy atom. The molecule has 0 spiro atoms. The van der Waals surface area contributed by atoms with Gasteiger partial charge < -0.3 is 9.47 Å². The molecular formula is C27H36O2. The Hall–Kier alpha value is -2.24. The molecule has 0 N–H and O–H groups in total. The van der Waals surface area contributed by atoms with Crippen molar-refractivity contribution in [3.8, 4) is 17.6 Å². The number of methoxy groups -OCH3 is 1. The van der Waals surface area contributed by atoms with Crippen LogP contribution in [0.4, 0.5) is 0 Å². The summed E-state index contributed by atoms with van der Waals surface area (Å²) in [5, 5.41) is 0. The van der Waals surface area contributed by atoms with Crippen molar-refractivity contribution in [2.45, 2.75) is 64.7 Å². The molecule has 0 bridgehead atoms. The molecule has 29 heavy (non-hydrogen) atoms. The van der Waals surface area contributed by atoms with E-state index in [1.54, 1.807) is 7.11 Å². The van der Waals surface area contributed by atoms with Gasteiger partial charge in [-0.2, -0.15) is 0 Å². The molecule has 1 fully saturated rings. The van der Waals surface area contributed by atoms with Gasteiger partial charge in [0.2, 0.25) is 0 Å². The van der Waals surface area contributed by atoms with Crippen LogP contribution in [0.3, 0.4) is 0 Å². The van der Waals surface area contributed by atoms with Crippen molar-refractivity contribution in [3.63, 3.8) is 0 Å². The predicted octanol–water partition coefficient (Wildman–Crippen LogP) is 6.97. The van der Waals surface area contributed by atoms with Gasteiger partial charge >= 0.3 is 0 Å². The highest BCUT2D eigenvalue weighted by Gasteiger charge is 2.18. The zero-order chi connectivity index (χ0) is 20.7. The van der Waals surface area contributed by atoms with Crippen molar-refractivity contribution in [2.75, 3.05) is 20.3 Å². The molecule has 1 aliphatic rings. The van der Waals surface area contributed by atoms with Crippen LogP contribution in [0.15, 0.2) is 48.5 Å². The molecule has 3 rings (SSSR count). The van der Waals surface area contributed by atoms with Crippen LogP contribution >= 0.6 is 0 Å². The topological polar surface area (TPSA) is 18.5 Å². The van der Waals surface area contributed by atoms with Gasteiger partial charge in [0.05, 0.1) is 6.61 Å². The monoisotopic (exact) mass is 392 g/mol. The summed E-state index contributed by atoms with van der Waals surface area (Å²) in [5.74, 6) is 8.05. The van der Waals surface area contributed by atoms with Crippen molar-refractivity contribution < 1.29 is 9.47 Å². The maximum atomic E-state index is 5.54. The molecule has 0 aromatic heterocycles. The van der Waals surface area contributed by atoms with Crippen LogP contribution in [-0.2, 0) is 4.74 Å². The Balaban J connectivity index is 0.000000438. The van der Waals surface area contributed by atoms with E-state index >= 15 is 0 Å². The standard InChI is InChI=1S/C21H22O2.C6H14/c1-22-15-16-23-21-13-9-18(10-14-21)6-5-17-7-11-20(12-8-17)19-3-2-4-19;1-3-5-6-4-2/h7-14,19H,2-4,15-16H2,1H3;3-6H2,1-2H3. The second-order valence-electron chi connectivity index (χ2n) is 7.57. The van der Waals surface area contributed by atoms with E-state index < -0.39 is 0 Å². The van der Waals surface area contributed by atoms with Crippen molar-refractivity contribution in [3.05, 3.63) is 65.2 Å². The van der Waals surface area contributed by atoms with Crippen LogP contribution in [-0.4, -0.2) is 20.3 Å². The molecule has 156 valence electrons. The summed E-state index contributed by atoms with van der Waals surface area (Å²) in [4.78, 5) is 0. The van der Waals surface area contributed by atoms with Crippen LogP contribution in [0.2, 0.25) is 0 Å². The maximum Gasteiger partial charge on any atom is 0.119 e. The first-order valence-corrected chi connectivity index (χ1v) is 11.1. The number of hydrogen-bond donors (Lipinski definition) is 0. The fourth-order valence-electron chi connectivity index (χ4n) is 3.10. The van der Waals surface area contributed by atoms with Gasteiger partial charge in [0.15, 0.2) is 0 Å². The molecular weight excluding hydrogens is 356 g/mol. The zero-order valence-electron chi connectivity index (χ0n) is 18.4. The van der Waals surface area contributed by atoms with Gasteiger partial charge in [0, 0.05) is 18.2 Å². The first-order chi connectivity index (χ1) is 14.3. The zero-order valence-corrected chi connectivity index (χ0v) is 18.4. The predicted molar refractivity (Wildman–Crippen MR) is 123 cm³/mol. The largest absolute Gasteiger partial charge is 0.491 e. The molecule has 2 nitrogen and oxygen atoms in total. The average molecular weight is 393 g/mol. The third-order valence-electron chi connectivity index (χ3n) is 5.21. The van der Waals surface area contributed by atoms with Gasteiger partial charge in [-0.15, -0.1) is 0 Å². The Morgan fingerprint density at radius 3 is 1.79 bits per heavy atom. The molecule has 0 amide bonds. The molecule has 2 aromatic carbocycles. The lowest BCUT2D eigenvalue weighted by atomic mass is 9.80. The van der Waals surface area contributed by atoms with E-state index in [4.69, 9.17) is 9.47 Å². The molecule has 0 heterocycles. The van der Waals surface area contributed by atoms with Crippen LogP contribution in [0.1, 0.15) is 81.4 Å². The Morgan fingerprint density at radius 2 is 1.34 bits per heavy atom. The minimum absolute atomic E-state index is 0.564. The van der Waals surface area contributed by atoms with Crippen molar-refractivity contribution in [2.24, 2.45) is 0 Å². The lowest BCUT2D eigenvalue weighted by Crippen LogP contribution is -2.08. The van der Waals surface area contributed by atoms with Crippen LogP contribution in [0.25, 0.3) is 0 Å². The molecule has 0 unspecified atom stereocenters. The fraction of sp³-hybridized carbons (Fsp3) is 0.481. The van der Waals surface area contributed by atoms with E-state index in [9.17, 15) is 0 Å². The SMILES string of the molecule is CCCCCC.COCCOc1ccc(C#Cc2ccc(C3CCC3)cc2)cc1. The highest BCUT2D eigenvalue weighted by Crippen LogP contribution is 2.36. The van der Waals surface area contributed by atoms with Gasteiger partial charge in [-0.25, -0.2) is 0 Å². The van der Waals surface area contributed by atoms with Crippen LogP contribution in [0, 0.1) is 11.8 Å². The van der Waals surface area contributed by atoms with Crippen molar-refractivity contribution in [1.29, 1.82) is 0 Å². The Kier molecular flexibility index (Phi) is 11.0. The average Bonchev–Trinajstić information content (AvgIpc) is 2.72. The number of benzene rings is 2. The third-order valence-corrected chi connectivity index (χ3v) is 5.21. The van der Waals surface area contributed by atoms with Gasteiger partial charge in [0.1, 0.15) is 12.4 Å². The first kappa shape index (κ1) is 23.0. The molecule has 2 heteroatoms. The lowest BCUT2D eigenvalue weighted by Gasteiger charge is -2.25. The van der Waals surface area contributed by atoms with E-state index in [1.165, 1.54) is 50.5 Å². The molecule has 0 radical (unpaired) electrons. The normalized spacial score (nSPS) is 12.8. The number of ether oxygens (including phenoxy) is 2. The number of hydrogen-bond acceptors (Lipinski definition) is 2. The highest BCUT2D eigenvalue weighted by atomic mass is 16.5. The van der Waals surface area contributed by atoms with Gasteiger partial charge in [-0.1, -0.05) is 69.9 Å². The minimum Gasteiger partial charge on any atom is -0.491 e. The smallest absolute Gasteiger partial charge is 0.119 e. The summed E-state index contributed by atoms with van der Waals surface area (Å²) in [6.45, 7) is 5.62. The first-order valence-electron chi connectivity index (χ1n) is 11.1. The summed E-state index contributed by atoms with van der Waals surface area (Å²) in [6.07, 6.45) is 9.58. The second-order valence-corrected chi connectivity index (χ2v) is 7.57. The number of unbranched alkanes of at least 4 members (excludes halogenated alkanes) is 3. The molecule has 1 aliphatic carbocycles. The quantitative estimate of drug-likeness (QED) is 0.357. The second kappa shape index (κ2) is 13.9. The van der Waals surface area contributed by atoms with E-state index in [0.29, 0.717) is 13.2 Å². The summed E-state index contributed by atoms with van der Waals surface area (Å²) in [7, 11) is 1.67. The van der Waals surface area contributed by atoms with E-state index in [0.717, 1.165) is 22.8 Å². The fourth-order valence-corrected chi connectivity index (χ4v) is 3.10. The molecule has 0 atom stereocenters. The highest BCUT2D eigenvalue weighted by molar-refractivity contribution is 5.45. The summed E-state index contributed by atoms with van der Waals surface area (Å²) >= 11 is 0. The molecule has 0 aliphatic heterocycles.